The smallest absolute Gasteiger partial charge is 0.168 e. The number of ketones is 1. The molecule has 0 spiro atoms. The Kier molecular flexibility index (Phi) is 6.30. The first-order valence-electron chi connectivity index (χ1n) is 6.20. The summed E-state index contributed by atoms with van der Waals surface area (Å²) in [6, 6.07) is 2.67. The predicted octanol–water partition coefficient (Wildman–Crippen LogP) is 5.64. The molecule has 1 unspecified atom stereocenters. The highest BCUT2D eigenvalue weighted by Gasteiger charge is 2.22. The Morgan fingerprint density at radius 2 is 2.11 bits per heavy atom. The van der Waals surface area contributed by atoms with E-state index in [2.05, 4.69) is 22.9 Å². The van der Waals surface area contributed by atoms with Crippen molar-refractivity contribution in [1.82, 2.24) is 0 Å². The molecule has 0 N–H and O–H groups in total. The van der Waals surface area contributed by atoms with E-state index in [1.165, 1.54) is 12.1 Å². The average molecular weight is 336 g/mol. The second-order valence-electron chi connectivity index (χ2n) is 4.36. The number of unbranched alkanes of at least 4 members (excludes halogenated alkanes) is 1. The molecule has 18 heavy (non-hydrogen) atoms. The SMILES string of the molecule is CCCCC(CC)C(=O)c1cc(Cl)c(Br)cc1F. The van der Waals surface area contributed by atoms with Gasteiger partial charge in [0.15, 0.2) is 5.78 Å². The van der Waals surface area contributed by atoms with Gasteiger partial charge in [-0.25, -0.2) is 4.39 Å². The fourth-order valence-electron chi connectivity index (χ4n) is 1.90. The van der Waals surface area contributed by atoms with Crippen molar-refractivity contribution in [3.63, 3.8) is 0 Å². The summed E-state index contributed by atoms with van der Waals surface area (Å²) in [4.78, 5) is 12.3. The molecule has 0 aliphatic carbocycles. The number of carbonyl (C=O) groups excluding carboxylic acids is 1. The largest absolute Gasteiger partial charge is 0.294 e. The third-order valence-electron chi connectivity index (χ3n) is 3.05. The Morgan fingerprint density at radius 3 is 2.67 bits per heavy atom. The molecule has 0 aliphatic heterocycles. The first-order valence-corrected chi connectivity index (χ1v) is 7.37. The average Bonchev–Trinajstić information content (AvgIpc) is 2.34. The fourth-order valence-corrected chi connectivity index (χ4v) is 2.38. The second kappa shape index (κ2) is 7.25. The van der Waals surface area contributed by atoms with Crippen molar-refractivity contribution in [1.29, 1.82) is 0 Å². The van der Waals surface area contributed by atoms with Gasteiger partial charge < -0.3 is 0 Å². The number of benzene rings is 1. The zero-order valence-corrected chi connectivity index (χ0v) is 12.9. The first kappa shape index (κ1) is 15.6. The van der Waals surface area contributed by atoms with Crippen LogP contribution in [0.5, 0.6) is 0 Å². The maximum Gasteiger partial charge on any atom is 0.168 e. The molecule has 0 amide bonds. The van der Waals surface area contributed by atoms with Gasteiger partial charge in [0.05, 0.1) is 10.6 Å². The highest BCUT2D eigenvalue weighted by Crippen LogP contribution is 2.28. The molecule has 0 radical (unpaired) electrons. The number of carbonyl (C=O) groups is 1. The number of hydrogen-bond acceptors (Lipinski definition) is 1. The summed E-state index contributed by atoms with van der Waals surface area (Å²) in [5.41, 5.74) is 0.103. The Labute approximate surface area is 121 Å². The van der Waals surface area contributed by atoms with E-state index in [4.69, 9.17) is 11.6 Å². The van der Waals surface area contributed by atoms with Gasteiger partial charge in [-0.3, -0.25) is 4.79 Å². The molecule has 0 saturated heterocycles. The van der Waals surface area contributed by atoms with Crippen LogP contribution in [0.4, 0.5) is 4.39 Å². The summed E-state index contributed by atoms with van der Waals surface area (Å²) in [5, 5.41) is 0.366. The van der Waals surface area contributed by atoms with Crippen molar-refractivity contribution in [2.45, 2.75) is 39.5 Å². The lowest BCUT2D eigenvalue weighted by molar-refractivity contribution is 0.0904. The van der Waals surface area contributed by atoms with Gasteiger partial charge in [-0.15, -0.1) is 0 Å². The van der Waals surface area contributed by atoms with Crippen molar-refractivity contribution in [3.8, 4) is 0 Å². The second-order valence-corrected chi connectivity index (χ2v) is 5.62. The zero-order valence-electron chi connectivity index (χ0n) is 10.6. The molecule has 0 bridgehead atoms. The van der Waals surface area contributed by atoms with E-state index in [0.717, 1.165) is 25.7 Å². The van der Waals surface area contributed by atoms with Crippen LogP contribution in [0.25, 0.3) is 0 Å². The third-order valence-corrected chi connectivity index (χ3v) is 4.24. The molecular weight excluding hydrogens is 319 g/mol. The van der Waals surface area contributed by atoms with Gasteiger partial charge in [0.2, 0.25) is 0 Å². The van der Waals surface area contributed by atoms with Gasteiger partial charge in [-0.2, -0.15) is 0 Å². The minimum Gasteiger partial charge on any atom is -0.294 e. The highest BCUT2D eigenvalue weighted by molar-refractivity contribution is 9.10. The molecule has 1 atom stereocenters. The predicted molar refractivity (Wildman–Crippen MR) is 76.7 cm³/mol. The van der Waals surface area contributed by atoms with Crippen LogP contribution in [-0.2, 0) is 0 Å². The Balaban J connectivity index is 2.98. The third kappa shape index (κ3) is 3.79. The van der Waals surface area contributed by atoms with E-state index in [1.54, 1.807) is 0 Å². The summed E-state index contributed by atoms with van der Waals surface area (Å²) in [6.07, 6.45) is 3.55. The van der Waals surface area contributed by atoms with E-state index in [-0.39, 0.29) is 17.3 Å². The molecule has 1 aromatic carbocycles. The van der Waals surface area contributed by atoms with Crippen LogP contribution in [0, 0.1) is 11.7 Å². The summed E-state index contributed by atoms with van der Waals surface area (Å²) in [6.45, 7) is 4.03. The van der Waals surface area contributed by atoms with Crippen LogP contribution in [-0.4, -0.2) is 5.78 Å². The number of hydrogen-bond donors (Lipinski definition) is 0. The molecule has 0 saturated carbocycles. The normalized spacial score (nSPS) is 12.5. The molecule has 1 aromatic rings. The van der Waals surface area contributed by atoms with Crippen molar-refractivity contribution in [2.24, 2.45) is 5.92 Å². The van der Waals surface area contributed by atoms with Gasteiger partial charge in [0.25, 0.3) is 0 Å². The molecule has 100 valence electrons. The molecule has 0 aromatic heterocycles. The molecule has 0 fully saturated rings. The van der Waals surface area contributed by atoms with E-state index in [0.29, 0.717) is 9.50 Å². The topological polar surface area (TPSA) is 17.1 Å². The first-order chi connectivity index (χ1) is 8.51. The number of rotatable bonds is 6. The van der Waals surface area contributed by atoms with Crippen molar-refractivity contribution < 1.29 is 9.18 Å². The van der Waals surface area contributed by atoms with E-state index in [9.17, 15) is 9.18 Å². The Bertz CT molecular complexity index is 434. The number of halogens is 3. The van der Waals surface area contributed by atoms with Gasteiger partial charge in [-0.05, 0) is 40.9 Å². The van der Waals surface area contributed by atoms with Crippen LogP contribution >= 0.6 is 27.5 Å². The molecule has 0 heterocycles. The fraction of sp³-hybridized carbons (Fsp3) is 0.500. The van der Waals surface area contributed by atoms with Crippen molar-refractivity contribution in [3.05, 3.63) is 33.0 Å². The highest BCUT2D eigenvalue weighted by atomic mass is 79.9. The van der Waals surface area contributed by atoms with Gasteiger partial charge in [-0.1, -0.05) is 38.3 Å². The lowest BCUT2D eigenvalue weighted by atomic mass is 9.90. The van der Waals surface area contributed by atoms with Crippen LogP contribution in [0.15, 0.2) is 16.6 Å². The van der Waals surface area contributed by atoms with Crippen LogP contribution in [0.1, 0.15) is 49.9 Å². The zero-order chi connectivity index (χ0) is 13.7. The molecule has 0 aliphatic rings. The quantitative estimate of drug-likeness (QED) is 0.485. The van der Waals surface area contributed by atoms with Crippen molar-refractivity contribution in [2.75, 3.05) is 0 Å². The standard InChI is InChI=1S/C14H17BrClFO/c1-3-5-6-9(4-2)14(18)10-7-12(16)11(15)8-13(10)17/h7-9H,3-6H2,1-2H3. The van der Waals surface area contributed by atoms with E-state index >= 15 is 0 Å². The molecular formula is C14H17BrClFO. The molecule has 4 heteroatoms. The molecule has 1 nitrogen and oxygen atoms in total. The van der Waals surface area contributed by atoms with Crippen molar-refractivity contribution >= 4 is 33.3 Å². The maximum atomic E-state index is 13.8. The maximum absolute atomic E-state index is 13.8. The van der Waals surface area contributed by atoms with Gasteiger partial charge in [0, 0.05) is 10.4 Å². The minimum atomic E-state index is -0.508. The minimum absolute atomic E-state index is 0.103. The Morgan fingerprint density at radius 1 is 1.44 bits per heavy atom. The monoisotopic (exact) mass is 334 g/mol. The van der Waals surface area contributed by atoms with Crippen LogP contribution in [0.3, 0.4) is 0 Å². The number of Topliss-reactive ketones (excluding diaryl/α,β-unsaturated/α-hetero) is 1. The summed E-state index contributed by atoms with van der Waals surface area (Å²) in [7, 11) is 0. The van der Waals surface area contributed by atoms with Gasteiger partial charge >= 0.3 is 0 Å². The Hall–Kier alpha value is -0.410. The summed E-state index contributed by atoms with van der Waals surface area (Å²) in [5.74, 6) is -0.763. The van der Waals surface area contributed by atoms with Gasteiger partial charge in [0.1, 0.15) is 5.82 Å². The lowest BCUT2D eigenvalue weighted by Gasteiger charge is -2.14. The molecule has 1 rings (SSSR count). The van der Waals surface area contributed by atoms with E-state index in [1.807, 2.05) is 6.92 Å². The summed E-state index contributed by atoms with van der Waals surface area (Å²) >= 11 is 9.06. The van der Waals surface area contributed by atoms with Crippen LogP contribution < -0.4 is 0 Å². The van der Waals surface area contributed by atoms with Crippen LogP contribution in [0.2, 0.25) is 5.02 Å². The van der Waals surface area contributed by atoms with E-state index < -0.39 is 5.82 Å². The summed E-state index contributed by atoms with van der Waals surface area (Å²) < 4.78 is 14.3. The lowest BCUT2D eigenvalue weighted by Crippen LogP contribution is -2.15.